The van der Waals surface area contributed by atoms with Crippen molar-refractivity contribution >= 4 is 23.5 Å². The van der Waals surface area contributed by atoms with Gasteiger partial charge in [0.05, 0.1) is 36.6 Å². The zero-order valence-corrected chi connectivity index (χ0v) is 16.1. The van der Waals surface area contributed by atoms with Crippen molar-refractivity contribution in [3.8, 4) is 0 Å². The lowest BCUT2D eigenvalue weighted by atomic mass is 10.1. The molecule has 0 saturated heterocycles. The normalized spacial score (nSPS) is 10.4. The van der Waals surface area contributed by atoms with Crippen LogP contribution in [0.15, 0.2) is 48.5 Å². The molecule has 0 bridgehead atoms. The van der Waals surface area contributed by atoms with E-state index in [2.05, 4.69) is 10.1 Å². The highest BCUT2D eigenvalue weighted by Crippen LogP contribution is 2.16. The summed E-state index contributed by atoms with van der Waals surface area (Å²) in [7, 11) is 1.25. The van der Waals surface area contributed by atoms with Gasteiger partial charge in [-0.25, -0.2) is 9.59 Å². The summed E-state index contributed by atoms with van der Waals surface area (Å²) < 4.78 is 15.2. The topological polar surface area (TPSA) is 90.9 Å². The molecule has 0 saturated carbocycles. The summed E-state index contributed by atoms with van der Waals surface area (Å²) in [5.41, 5.74) is 1.76. The third kappa shape index (κ3) is 6.21. The number of anilines is 1. The largest absolute Gasteiger partial charge is 0.465 e. The molecule has 0 heterocycles. The maximum absolute atomic E-state index is 12.1. The van der Waals surface area contributed by atoms with Gasteiger partial charge in [0.2, 0.25) is 0 Å². The molecule has 0 spiro atoms. The molecule has 2 rings (SSSR count). The molecule has 148 valence electrons. The first-order valence-electron chi connectivity index (χ1n) is 8.75. The number of nitrogens with one attached hydrogen (secondary N) is 1. The quantitative estimate of drug-likeness (QED) is 0.702. The van der Waals surface area contributed by atoms with Gasteiger partial charge in [0.1, 0.15) is 0 Å². The summed E-state index contributed by atoms with van der Waals surface area (Å²) in [5, 5.41) is 2.54. The zero-order valence-electron chi connectivity index (χ0n) is 16.1. The number of hydrogen-bond acceptors (Lipinski definition) is 6. The summed E-state index contributed by atoms with van der Waals surface area (Å²) in [6, 6.07) is 13.2. The first-order chi connectivity index (χ1) is 13.4. The number of ether oxygens (including phenoxy) is 3. The van der Waals surface area contributed by atoms with Crippen LogP contribution in [0.3, 0.4) is 0 Å². The van der Waals surface area contributed by atoms with Crippen LogP contribution in [0.25, 0.3) is 0 Å². The lowest BCUT2D eigenvalue weighted by Crippen LogP contribution is -2.22. The predicted octanol–water partition coefficient (Wildman–Crippen LogP) is 3.19. The molecule has 0 aliphatic rings. The number of para-hydroxylation sites is 1. The van der Waals surface area contributed by atoms with Crippen LogP contribution in [0.4, 0.5) is 5.69 Å². The van der Waals surface area contributed by atoms with Gasteiger partial charge < -0.3 is 19.5 Å². The van der Waals surface area contributed by atoms with Gasteiger partial charge in [0, 0.05) is 0 Å². The molecule has 7 nitrogen and oxygen atoms in total. The lowest BCUT2D eigenvalue weighted by molar-refractivity contribution is -0.119. The Kier molecular flexibility index (Phi) is 7.71. The van der Waals surface area contributed by atoms with E-state index in [1.807, 2.05) is 13.8 Å². The summed E-state index contributed by atoms with van der Waals surface area (Å²) in [6.45, 7) is 3.86. The lowest BCUT2D eigenvalue weighted by Gasteiger charge is -2.10. The number of esters is 2. The van der Waals surface area contributed by atoms with Gasteiger partial charge in [-0.05, 0) is 43.7 Å². The number of rotatable bonds is 8. The third-order valence-corrected chi connectivity index (χ3v) is 3.71. The van der Waals surface area contributed by atoms with E-state index >= 15 is 0 Å². The second-order valence-electron chi connectivity index (χ2n) is 6.22. The minimum absolute atomic E-state index is 0.118. The minimum atomic E-state index is -0.618. The van der Waals surface area contributed by atoms with Gasteiger partial charge in [-0.1, -0.05) is 24.3 Å². The molecule has 0 aliphatic heterocycles. The minimum Gasteiger partial charge on any atom is -0.465 e. The fraction of sp³-hybridized carbons (Fsp3) is 0.286. The van der Waals surface area contributed by atoms with Crippen molar-refractivity contribution < 1.29 is 28.6 Å². The number of amides is 1. The molecule has 28 heavy (non-hydrogen) atoms. The summed E-state index contributed by atoms with van der Waals surface area (Å²) >= 11 is 0. The van der Waals surface area contributed by atoms with Crippen LogP contribution >= 0.6 is 0 Å². The monoisotopic (exact) mass is 385 g/mol. The maximum Gasteiger partial charge on any atom is 0.339 e. The fourth-order valence-corrected chi connectivity index (χ4v) is 2.28. The Morgan fingerprint density at radius 3 is 2.29 bits per heavy atom. The van der Waals surface area contributed by atoms with Crippen molar-refractivity contribution in [3.05, 3.63) is 65.2 Å². The molecule has 0 atom stereocenters. The molecular formula is C21H23NO6. The molecule has 0 aromatic heterocycles. The first-order valence-corrected chi connectivity index (χ1v) is 8.75. The van der Waals surface area contributed by atoms with E-state index in [1.54, 1.807) is 42.5 Å². The summed E-state index contributed by atoms with van der Waals surface area (Å²) in [4.78, 5) is 35.9. The van der Waals surface area contributed by atoms with Crippen molar-refractivity contribution in [2.75, 3.05) is 19.0 Å². The Hall–Kier alpha value is -3.19. The average molecular weight is 385 g/mol. The SMILES string of the molecule is COC(=O)c1ccccc1NC(=O)COC(=O)c1ccc(COC(C)C)cc1. The Morgan fingerprint density at radius 1 is 0.964 bits per heavy atom. The van der Waals surface area contributed by atoms with E-state index in [0.29, 0.717) is 12.2 Å². The molecule has 0 radical (unpaired) electrons. The maximum atomic E-state index is 12.1. The van der Waals surface area contributed by atoms with Gasteiger partial charge >= 0.3 is 11.9 Å². The smallest absolute Gasteiger partial charge is 0.339 e. The molecule has 2 aromatic rings. The zero-order chi connectivity index (χ0) is 20.5. The summed E-state index contributed by atoms with van der Waals surface area (Å²) in [6.07, 6.45) is 0.118. The van der Waals surface area contributed by atoms with Crippen molar-refractivity contribution in [2.24, 2.45) is 0 Å². The van der Waals surface area contributed by atoms with E-state index in [0.717, 1.165) is 5.56 Å². The van der Waals surface area contributed by atoms with Crippen molar-refractivity contribution in [2.45, 2.75) is 26.6 Å². The van der Waals surface area contributed by atoms with E-state index in [-0.39, 0.29) is 17.4 Å². The highest BCUT2D eigenvalue weighted by molar-refractivity contribution is 6.02. The van der Waals surface area contributed by atoms with Crippen molar-refractivity contribution in [3.63, 3.8) is 0 Å². The second kappa shape index (κ2) is 10.2. The van der Waals surface area contributed by atoms with E-state index in [9.17, 15) is 14.4 Å². The van der Waals surface area contributed by atoms with Crippen LogP contribution in [-0.2, 0) is 25.6 Å². The molecule has 7 heteroatoms. The third-order valence-electron chi connectivity index (χ3n) is 3.71. The Balaban J connectivity index is 1.89. The summed E-state index contributed by atoms with van der Waals surface area (Å²) in [5.74, 6) is -1.76. The molecule has 1 N–H and O–H groups in total. The number of carbonyl (C=O) groups is 3. The molecular weight excluding hydrogens is 362 g/mol. The Morgan fingerprint density at radius 2 is 1.64 bits per heavy atom. The van der Waals surface area contributed by atoms with Gasteiger partial charge in [0.15, 0.2) is 6.61 Å². The van der Waals surface area contributed by atoms with Crippen LogP contribution in [-0.4, -0.2) is 37.7 Å². The van der Waals surface area contributed by atoms with Gasteiger partial charge in [-0.3, -0.25) is 4.79 Å². The second-order valence-corrected chi connectivity index (χ2v) is 6.22. The number of hydrogen-bond donors (Lipinski definition) is 1. The fourth-order valence-electron chi connectivity index (χ4n) is 2.28. The number of carbonyl (C=O) groups excluding carboxylic acids is 3. The molecule has 0 unspecified atom stereocenters. The number of methoxy groups -OCH3 is 1. The van der Waals surface area contributed by atoms with Crippen LogP contribution < -0.4 is 5.32 Å². The first kappa shape index (κ1) is 21.1. The highest BCUT2D eigenvalue weighted by Gasteiger charge is 2.15. The average Bonchev–Trinajstić information content (AvgIpc) is 2.70. The molecule has 0 fully saturated rings. The van der Waals surface area contributed by atoms with Crippen molar-refractivity contribution in [1.82, 2.24) is 0 Å². The Bertz CT molecular complexity index is 829. The van der Waals surface area contributed by atoms with Crippen LogP contribution in [0.2, 0.25) is 0 Å². The predicted molar refractivity (Wildman–Crippen MR) is 103 cm³/mol. The van der Waals surface area contributed by atoms with Crippen LogP contribution in [0.5, 0.6) is 0 Å². The molecule has 1 amide bonds. The van der Waals surface area contributed by atoms with Crippen LogP contribution in [0.1, 0.15) is 40.1 Å². The van der Waals surface area contributed by atoms with Gasteiger partial charge in [-0.15, -0.1) is 0 Å². The molecule has 0 aliphatic carbocycles. The highest BCUT2D eigenvalue weighted by atomic mass is 16.5. The molecule has 2 aromatic carbocycles. The Labute approximate surface area is 163 Å². The van der Waals surface area contributed by atoms with Gasteiger partial charge in [0.25, 0.3) is 5.91 Å². The number of benzene rings is 2. The van der Waals surface area contributed by atoms with E-state index < -0.39 is 24.5 Å². The van der Waals surface area contributed by atoms with Crippen molar-refractivity contribution in [1.29, 1.82) is 0 Å². The van der Waals surface area contributed by atoms with E-state index in [1.165, 1.54) is 13.2 Å². The van der Waals surface area contributed by atoms with Gasteiger partial charge in [-0.2, -0.15) is 0 Å². The van der Waals surface area contributed by atoms with E-state index in [4.69, 9.17) is 9.47 Å². The van der Waals surface area contributed by atoms with Crippen LogP contribution in [0, 0.1) is 0 Å². The standard InChI is InChI=1S/C21H23NO6/c1-14(2)27-12-15-8-10-16(11-9-15)20(24)28-13-19(23)22-18-7-5-4-6-17(18)21(25)26-3/h4-11,14H,12-13H2,1-3H3,(H,22,23).